The molecule has 0 saturated carbocycles. The minimum Gasteiger partial charge on any atom is -0.447 e. The van der Waals surface area contributed by atoms with Gasteiger partial charge in [-0.25, -0.2) is 4.79 Å². The third kappa shape index (κ3) is 12.6. The number of carbonyl (C=O) groups is 3. The molecule has 9 heteroatoms. The second kappa shape index (κ2) is 15.2. The third-order valence-electron chi connectivity index (χ3n) is 4.33. The van der Waals surface area contributed by atoms with Crippen molar-refractivity contribution in [2.24, 2.45) is 11.7 Å². The Bertz CT molecular complexity index is 668. The van der Waals surface area contributed by atoms with E-state index in [2.05, 4.69) is 10.6 Å². The van der Waals surface area contributed by atoms with E-state index < -0.39 is 24.1 Å². The zero-order valence-electron chi connectivity index (χ0n) is 18.6. The van der Waals surface area contributed by atoms with Crippen molar-refractivity contribution >= 4 is 17.9 Å². The van der Waals surface area contributed by atoms with Gasteiger partial charge in [0.2, 0.25) is 11.8 Å². The predicted octanol–water partition coefficient (Wildman–Crippen LogP) is 1.39. The summed E-state index contributed by atoms with van der Waals surface area (Å²) >= 11 is 0. The Morgan fingerprint density at radius 2 is 1.68 bits per heavy atom. The van der Waals surface area contributed by atoms with Gasteiger partial charge in [0.25, 0.3) is 0 Å². The quantitative estimate of drug-likeness (QED) is 0.356. The average Bonchev–Trinajstić information content (AvgIpc) is 2.70. The molecule has 0 aromatic heterocycles. The lowest BCUT2D eigenvalue weighted by atomic mass is 10.00. The van der Waals surface area contributed by atoms with Crippen molar-refractivity contribution < 1.29 is 28.6 Å². The van der Waals surface area contributed by atoms with Crippen LogP contribution in [0.5, 0.6) is 0 Å². The standard InChI is InChI=1S/C22H35N3O6/c1-16(2)13-19(25-22(28)31-12-11-30-10-9-29-3)21(27)24-18(15-20(23)26)14-17-7-5-4-6-8-17/h4-8,16,18-19H,9-15H2,1-3H3,(H2,23,26)(H,24,27)(H,25,28)/t18?,19-/m0/s1. The summed E-state index contributed by atoms with van der Waals surface area (Å²) in [6.45, 7) is 5.05. The number of hydrogen-bond donors (Lipinski definition) is 3. The summed E-state index contributed by atoms with van der Waals surface area (Å²) in [5.41, 5.74) is 6.33. The molecule has 4 N–H and O–H groups in total. The first-order valence-electron chi connectivity index (χ1n) is 10.4. The van der Waals surface area contributed by atoms with Crippen LogP contribution in [0.1, 0.15) is 32.3 Å². The minimum absolute atomic E-state index is 0.00169. The Hall–Kier alpha value is -2.65. The highest BCUT2D eigenvalue weighted by atomic mass is 16.6. The van der Waals surface area contributed by atoms with E-state index >= 15 is 0 Å². The van der Waals surface area contributed by atoms with Crippen molar-refractivity contribution in [2.75, 3.05) is 33.5 Å². The number of methoxy groups -OCH3 is 1. The van der Waals surface area contributed by atoms with Gasteiger partial charge in [-0.1, -0.05) is 44.2 Å². The van der Waals surface area contributed by atoms with Crippen LogP contribution >= 0.6 is 0 Å². The normalized spacial score (nSPS) is 12.8. The highest BCUT2D eigenvalue weighted by Gasteiger charge is 2.25. The molecule has 0 spiro atoms. The van der Waals surface area contributed by atoms with E-state index in [9.17, 15) is 14.4 Å². The van der Waals surface area contributed by atoms with Crippen molar-refractivity contribution in [1.29, 1.82) is 0 Å². The molecule has 0 aliphatic carbocycles. The highest BCUT2D eigenvalue weighted by Crippen LogP contribution is 2.09. The molecule has 0 heterocycles. The van der Waals surface area contributed by atoms with Gasteiger partial charge in [-0.05, 0) is 24.3 Å². The van der Waals surface area contributed by atoms with Crippen molar-refractivity contribution in [1.82, 2.24) is 10.6 Å². The molecule has 174 valence electrons. The van der Waals surface area contributed by atoms with Crippen LogP contribution in [-0.2, 0) is 30.2 Å². The molecule has 0 bridgehead atoms. The fourth-order valence-electron chi connectivity index (χ4n) is 2.94. The average molecular weight is 438 g/mol. The molecule has 0 aliphatic rings. The SMILES string of the molecule is COCCOCCOC(=O)N[C@@H](CC(C)C)C(=O)NC(CC(N)=O)Cc1ccccc1. The first-order valence-corrected chi connectivity index (χ1v) is 10.4. The van der Waals surface area contributed by atoms with Gasteiger partial charge in [-0.15, -0.1) is 0 Å². The maximum absolute atomic E-state index is 12.9. The number of alkyl carbamates (subject to hydrolysis) is 1. The summed E-state index contributed by atoms with van der Waals surface area (Å²) in [5.74, 6) is -0.746. The molecule has 3 amide bonds. The van der Waals surface area contributed by atoms with Crippen LogP contribution in [0.25, 0.3) is 0 Å². The number of carbonyl (C=O) groups excluding carboxylic acids is 3. The zero-order valence-corrected chi connectivity index (χ0v) is 18.6. The molecular formula is C22H35N3O6. The maximum atomic E-state index is 12.9. The first kappa shape index (κ1) is 26.4. The Balaban J connectivity index is 2.64. The minimum atomic E-state index is -0.798. The summed E-state index contributed by atoms with van der Waals surface area (Å²) in [7, 11) is 1.57. The Morgan fingerprint density at radius 3 is 2.29 bits per heavy atom. The van der Waals surface area contributed by atoms with Gasteiger partial charge in [-0.3, -0.25) is 9.59 Å². The van der Waals surface area contributed by atoms with E-state index in [1.807, 2.05) is 44.2 Å². The van der Waals surface area contributed by atoms with Crippen LogP contribution in [0, 0.1) is 5.92 Å². The Morgan fingerprint density at radius 1 is 1.00 bits per heavy atom. The van der Waals surface area contributed by atoms with Crippen LogP contribution in [0.4, 0.5) is 4.79 Å². The molecule has 0 radical (unpaired) electrons. The molecule has 1 aromatic carbocycles. The van der Waals surface area contributed by atoms with Crippen LogP contribution in [-0.4, -0.2) is 63.5 Å². The van der Waals surface area contributed by atoms with Gasteiger partial charge in [0.1, 0.15) is 12.6 Å². The molecule has 31 heavy (non-hydrogen) atoms. The van der Waals surface area contributed by atoms with Crippen LogP contribution < -0.4 is 16.4 Å². The monoisotopic (exact) mass is 437 g/mol. The number of nitrogens with two attached hydrogens (primary N) is 1. The first-order chi connectivity index (χ1) is 14.8. The van der Waals surface area contributed by atoms with Crippen molar-refractivity contribution in [3.05, 3.63) is 35.9 Å². The van der Waals surface area contributed by atoms with E-state index in [-0.39, 0.29) is 31.5 Å². The molecule has 0 aliphatic heterocycles. The lowest BCUT2D eigenvalue weighted by Crippen LogP contribution is -2.51. The largest absolute Gasteiger partial charge is 0.447 e. The van der Waals surface area contributed by atoms with Crippen molar-refractivity contribution in [3.63, 3.8) is 0 Å². The second-order valence-corrected chi connectivity index (χ2v) is 7.63. The maximum Gasteiger partial charge on any atom is 0.407 e. The smallest absolute Gasteiger partial charge is 0.407 e. The molecule has 1 rings (SSSR count). The molecule has 2 atom stereocenters. The molecule has 0 fully saturated rings. The Labute approximate surface area is 184 Å². The van der Waals surface area contributed by atoms with E-state index in [1.165, 1.54) is 0 Å². The second-order valence-electron chi connectivity index (χ2n) is 7.63. The lowest BCUT2D eigenvalue weighted by Gasteiger charge is -2.24. The van der Waals surface area contributed by atoms with Gasteiger partial charge < -0.3 is 30.6 Å². The van der Waals surface area contributed by atoms with E-state index in [1.54, 1.807) is 7.11 Å². The van der Waals surface area contributed by atoms with Gasteiger partial charge in [0.15, 0.2) is 0 Å². The summed E-state index contributed by atoms with van der Waals surface area (Å²) in [4.78, 5) is 36.5. The summed E-state index contributed by atoms with van der Waals surface area (Å²) in [5, 5.41) is 5.45. The fraction of sp³-hybridized carbons (Fsp3) is 0.591. The predicted molar refractivity (Wildman–Crippen MR) is 116 cm³/mol. The number of primary amides is 1. The summed E-state index contributed by atoms with van der Waals surface area (Å²) in [6.07, 6.45) is 0.163. The van der Waals surface area contributed by atoms with Crippen LogP contribution in [0.2, 0.25) is 0 Å². The highest BCUT2D eigenvalue weighted by molar-refractivity contribution is 5.86. The summed E-state index contributed by atoms with van der Waals surface area (Å²) in [6, 6.07) is 8.21. The topological polar surface area (TPSA) is 129 Å². The van der Waals surface area contributed by atoms with Gasteiger partial charge in [-0.2, -0.15) is 0 Å². The number of amides is 3. The molecule has 1 aromatic rings. The van der Waals surface area contributed by atoms with E-state index in [4.69, 9.17) is 19.9 Å². The lowest BCUT2D eigenvalue weighted by molar-refractivity contribution is -0.124. The van der Waals surface area contributed by atoms with Crippen molar-refractivity contribution in [3.8, 4) is 0 Å². The number of rotatable bonds is 15. The van der Waals surface area contributed by atoms with E-state index in [0.29, 0.717) is 26.1 Å². The Kier molecular flexibility index (Phi) is 12.9. The fourth-order valence-corrected chi connectivity index (χ4v) is 2.94. The number of benzene rings is 1. The van der Waals surface area contributed by atoms with E-state index in [0.717, 1.165) is 5.56 Å². The van der Waals surface area contributed by atoms with Gasteiger partial charge in [0.05, 0.1) is 19.8 Å². The van der Waals surface area contributed by atoms with Gasteiger partial charge >= 0.3 is 6.09 Å². The molecule has 9 nitrogen and oxygen atoms in total. The van der Waals surface area contributed by atoms with Crippen LogP contribution in [0.3, 0.4) is 0 Å². The molecular weight excluding hydrogens is 402 g/mol. The zero-order chi connectivity index (χ0) is 23.1. The van der Waals surface area contributed by atoms with Crippen LogP contribution in [0.15, 0.2) is 30.3 Å². The number of nitrogens with one attached hydrogen (secondary N) is 2. The molecule has 1 unspecified atom stereocenters. The molecule has 0 saturated heterocycles. The number of ether oxygens (including phenoxy) is 3. The number of hydrogen-bond acceptors (Lipinski definition) is 6. The van der Waals surface area contributed by atoms with Gasteiger partial charge in [0, 0.05) is 19.6 Å². The third-order valence-corrected chi connectivity index (χ3v) is 4.33. The van der Waals surface area contributed by atoms with Crippen molar-refractivity contribution in [2.45, 2.75) is 45.2 Å². The summed E-state index contributed by atoms with van der Waals surface area (Å²) < 4.78 is 15.2.